The molecular formula is C16H14N2O3. The average molecular weight is 282 g/mol. The molecule has 0 aliphatic heterocycles. The van der Waals surface area contributed by atoms with Crippen LogP contribution in [0.3, 0.4) is 0 Å². The third kappa shape index (κ3) is 4.01. The van der Waals surface area contributed by atoms with Gasteiger partial charge in [0.05, 0.1) is 5.56 Å². The predicted molar refractivity (Wildman–Crippen MR) is 80.0 cm³/mol. The molecule has 1 heterocycles. The molecule has 5 nitrogen and oxygen atoms in total. The van der Waals surface area contributed by atoms with E-state index in [1.807, 2.05) is 31.2 Å². The maximum absolute atomic E-state index is 11.8. The van der Waals surface area contributed by atoms with E-state index in [4.69, 9.17) is 5.11 Å². The van der Waals surface area contributed by atoms with Gasteiger partial charge in [-0.25, -0.2) is 9.78 Å². The van der Waals surface area contributed by atoms with Crippen molar-refractivity contribution < 1.29 is 14.7 Å². The van der Waals surface area contributed by atoms with Gasteiger partial charge in [-0.1, -0.05) is 24.3 Å². The van der Waals surface area contributed by atoms with Crippen molar-refractivity contribution in [2.75, 3.05) is 5.32 Å². The zero-order valence-corrected chi connectivity index (χ0v) is 11.4. The number of nitrogens with one attached hydrogen (secondary N) is 1. The van der Waals surface area contributed by atoms with Gasteiger partial charge in [-0.2, -0.15) is 0 Å². The molecule has 0 radical (unpaired) electrons. The van der Waals surface area contributed by atoms with E-state index in [1.54, 1.807) is 6.08 Å². The smallest absolute Gasteiger partial charge is 0.335 e. The highest BCUT2D eigenvalue weighted by molar-refractivity contribution is 6.02. The molecule has 1 amide bonds. The number of carbonyl (C=O) groups is 2. The van der Waals surface area contributed by atoms with Crippen LogP contribution in [0.2, 0.25) is 0 Å². The lowest BCUT2D eigenvalue weighted by molar-refractivity contribution is -0.111. The van der Waals surface area contributed by atoms with Crippen LogP contribution in [0.25, 0.3) is 6.08 Å². The Kier molecular flexibility index (Phi) is 4.46. The summed E-state index contributed by atoms with van der Waals surface area (Å²) in [6, 6.07) is 10.3. The minimum absolute atomic E-state index is 0.0724. The van der Waals surface area contributed by atoms with E-state index in [9.17, 15) is 9.59 Å². The van der Waals surface area contributed by atoms with Crippen molar-refractivity contribution in [1.29, 1.82) is 0 Å². The fourth-order valence-corrected chi connectivity index (χ4v) is 1.74. The zero-order chi connectivity index (χ0) is 15.2. The summed E-state index contributed by atoms with van der Waals surface area (Å²) in [5, 5.41) is 11.4. The fourth-order valence-electron chi connectivity index (χ4n) is 1.74. The molecule has 0 fully saturated rings. The minimum Gasteiger partial charge on any atom is -0.478 e. The number of aromatic nitrogens is 1. The van der Waals surface area contributed by atoms with E-state index >= 15 is 0 Å². The normalized spacial score (nSPS) is 10.5. The molecule has 1 aromatic heterocycles. The van der Waals surface area contributed by atoms with E-state index in [0.29, 0.717) is 0 Å². The molecule has 106 valence electrons. The van der Waals surface area contributed by atoms with Crippen LogP contribution in [0.5, 0.6) is 0 Å². The molecule has 21 heavy (non-hydrogen) atoms. The second-order valence-corrected chi connectivity index (χ2v) is 4.41. The third-order valence-corrected chi connectivity index (χ3v) is 2.86. The van der Waals surface area contributed by atoms with Gasteiger partial charge in [0, 0.05) is 12.3 Å². The molecule has 1 aromatic carbocycles. The van der Waals surface area contributed by atoms with E-state index in [1.165, 1.54) is 24.4 Å². The Morgan fingerprint density at radius 3 is 2.71 bits per heavy atom. The number of amides is 1. The number of hydrogen-bond acceptors (Lipinski definition) is 3. The molecule has 0 aliphatic rings. The SMILES string of the molecule is Cc1ccccc1C=CC(=O)Nc1cc(C(=O)O)ccn1. The van der Waals surface area contributed by atoms with Gasteiger partial charge in [0.25, 0.3) is 0 Å². The molecule has 0 saturated heterocycles. The summed E-state index contributed by atoms with van der Waals surface area (Å²) >= 11 is 0. The Hall–Kier alpha value is -2.95. The first-order valence-electron chi connectivity index (χ1n) is 6.30. The number of pyridine rings is 1. The number of aryl methyl sites for hydroxylation is 1. The lowest BCUT2D eigenvalue weighted by Gasteiger charge is -2.02. The summed E-state index contributed by atoms with van der Waals surface area (Å²) in [6.07, 6.45) is 4.42. The molecule has 0 aliphatic carbocycles. The van der Waals surface area contributed by atoms with Gasteiger partial charge < -0.3 is 10.4 Å². The van der Waals surface area contributed by atoms with Crippen LogP contribution in [0, 0.1) is 6.92 Å². The van der Waals surface area contributed by atoms with E-state index in [2.05, 4.69) is 10.3 Å². The fraction of sp³-hybridized carbons (Fsp3) is 0.0625. The number of anilines is 1. The number of aromatic carboxylic acids is 1. The van der Waals surface area contributed by atoms with Gasteiger partial charge in [0.1, 0.15) is 5.82 Å². The van der Waals surface area contributed by atoms with Crippen LogP contribution in [0.15, 0.2) is 48.7 Å². The molecule has 0 atom stereocenters. The zero-order valence-electron chi connectivity index (χ0n) is 11.4. The Labute approximate surface area is 122 Å². The summed E-state index contributed by atoms with van der Waals surface area (Å²) in [6.45, 7) is 1.95. The molecular weight excluding hydrogens is 268 g/mol. The van der Waals surface area contributed by atoms with E-state index in [0.717, 1.165) is 11.1 Å². The summed E-state index contributed by atoms with van der Waals surface area (Å²) < 4.78 is 0. The summed E-state index contributed by atoms with van der Waals surface area (Å²) in [5.74, 6) is -1.23. The molecule has 0 spiro atoms. The van der Waals surface area contributed by atoms with Crippen molar-refractivity contribution in [3.05, 3.63) is 65.4 Å². The van der Waals surface area contributed by atoms with Crippen LogP contribution < -0.4 is 5.32 Å². The lowest BCUT2D eigenvalue weighted by atomic mass is 10.1. The van der Waals surface area contributed by atoms with Crippen molar-refractivity contribution in [3.63, 3.8) is 0 Å². The number of carbonyl (C=O) groups excluding carboxylic acids is 1. The largest absolute Gasteiger partial charge is 0.478 e. The predicted octanol–water partition coefficient (Wildman–Crippen LogP) is 2.74. The lowest BCUT2D eigenvalue weighted by Crippen LogP contribution is -2.10. The highest BCUT2D eigenvalue weighted by Crippen LogP contribution is 2.10. The number of benzene rings is 1. The Morgan fingerprint density at radius 1 is 1.24 bits per heavy atom. The highest BCUT2D eigenvalue weighted by atomic mass is 16.4. The molecule has 2 N–H and O–H groups in total. The van der Waals surface area contributed by atoms with Gasteiger partial charge >= 0.3 is 5.97 Å². The average Bonchev–Trinajstić information content (AvgIpc) is 2.46. The molecule has 0 saturated carbocycles. The van der Waals surface area contributed by atoms with Crippen LogP contribution in [-0.4, -0.2) is 22.0 Å². The van der Waals surface area contributed by atoms with Gasteiger partial charge in [0.15, 0.2) is 0 Å². The monoisotopic (exact) mass is 282 g/mol. The number of rotatable bonds is 4. The first-order valence-corrected chi connectivity index (χ1v) is 6.30. The van der Waals surface area contributed by atoms with Gasteiger partial charge in [-0.3, -0.25) is 4.79 Å². The van der Waals surface area contributed by atoms with Gasteiger partial charge in [-0.15, -0.1) is 0 Å². The molecule has 0 bridgehead atoms. The second kappa shape index (κ2) is 6.47. The number of nitrogens with zero attached hydrogens (tertiary/aromatic N) is 1. The Morgan fingerprint density at radius 2 is 2.00 bits per heavy atom. The van der Waals surface area contributed by atoms with Crippen LogP contribution in [-0.2, 0) is 4.79 Å². The quantitative estimate of drug-likeness (QED) is 0.845. The number of carboxylic acids is 1. The van der Waals surface area contributed by atoms with E-state index in [-0.39, 0.29) is 17.3 Å². The highest BCUT2D eigenvalue weighted by Gasteiger charge is 2.05. The molecule has 2 rings (SSSR count). The van der Waals surface area contributed by atoms with Crippen LogP contribution >= 0.6 is 0 Å². The van der Waals surface area contributed by atoms with Crippen molar-refractivity contribution in [2.45, 2.75) is 6.92 Å². The van der Waals surface area contributed by atoms with Crippen molar-refractivity contribution in [1.82, 2.24) is 4.98 Å². The first kappa shape index (κ1) is 14.5. The third-order valence-electron chi connectivity index (χ3n) is 2.86. The van der Waals surface area contributed by atoms with Crippen molar-refractivity contribution >= 4 is 23.8 Å². The second-order valence-electron chi connectivity index (χ2n) is 4.41. The number of hydrogen-bond donors (Lipinski definition) is 2. The van der Waals surface area contributed by atoms with Gasteiger partial charge in [0.2, 0.25) is 5.91 Å². The first-order chi connectivity index (χ1) is 10.1. The van der Waals surface area contributed by atoms with Crippen LogP contribution in [0.4, 0.5) is 5.82 Å². The summed E-state index contributed by atoms with van der Waals surface area (Å²) in [5.41, 5.74) is 2.08. The minimum atomic E-state index is -1.07. The standard InChI is InChI=1S/C16H14N2O3/c1-11-4-2-3-5-12(11)6-7-15(19)18-14-10-13(16(20)21)8-9-17-14/h2-10H,1H3,(H,20,21)(H,17,18,19). The Balaban J connectivity index is 2.07. The Bertz CT molecular complexity index is 708. The molecule has 2 aromatic rings. The topological polar surface area (TPSA) is 79.3 Å². The van der Waals surface area contributed by atoms with Crippen molar-refractivity contribution in [2.24, 2.45) is 0 Å². The van der Waals surface area contributed by atoms with Crippen LogP contribution in [0.1, 0.15) is 21.5 Å². The van der Waals surface area contributed by atoms with Gasteiger partial charge in [-0.05, 0) is 36.3 Å². The number of carboxylic acid groups (broad SMARTS) is 1. The summed E-state index contributed by atoms with van der Waals surface area (Å²) in [4.78, 5) is 26.5. The maximum Gasteiger partial charge on any atom is 0.335 e. The maximum atomic E-state index is 11.8. The summed E-state index contributed by atoms with van der Waals surface area (Å²) in [7, 11) is 0. The molecule has 5 heteroatoms. The van der Waals surface area contributed by atoms with E-state index < -0.39 is 5.97 Å². The van der Waals surface area contributed by atoms with Crippen molar-refractivity contribution in [3.8, 4) is 0 Å². The molecule has 0 unspecified atom stereocenters.